The molecule has 0 aliphatic rings. The standard InChI is InChI=1S/C21H33N5O2/c1-5-7-8-9-12-27-19-13-16(3)10-11-18(19)14-23-21(22-6-2)24-15-20-25-17(4)28-26-20/h10-11,13H,5-9,12,14-15H2,1-4H3,(H2,22,23,24). The summed E-state index contributed by atoms with van der Waals surface area (Å²) in [4.78, 5) is 8.88. The monoisotopic (exact) mass is 387 g/mol. The SMILES string of the molecule is CCCCCCOc1cc(C)ccc1CN=C(NCC)NCc1noc(C)n1. The Labute approximate surface area is 168 Å². The highest BCUT2D eigenvalue weighted by atomic mass is 16.5. The highest BCUT2D eigenvalue weighted by Gasteiger charge is 2.07. The molecule has 1 aromatic heterocycles. The Morgan fingerprint density at radius 2 is 2.00 bits per heavy atom. The van der Waals surface area contributed by atoms with Gasteiger partial charge in [-0.15, -0.1) is 0 Å². The van der Waals surface area contributed by atoms with Crippen molar-refractivity contribution in [2.24, 2.45) is 4.99 Å². The Kier molecular flexibility index (Phi) is 9.31. The van der Waals surface area contributed by atoms with Crippen molar-refractivity contribution >= 4 is 5.96 Å². The van der Waals surface area contributed by atoms with Crippen molar-refractivity contribution in [2.75, 3.05) is 13.2 Å². The highest BCUT2D eigenvalue weighted by Crippen LogP contribution is 2.22. The van der Waals surface area contributed by atoms with Crippen LogP contribution in [0.1, 0.15) is 62.4 Å². The van der Waals surface area contributed by atoms with E-state index in [2.05, 4.69) is 57.8 Å². The van der Waals surface area contributed by atoms with E-state index in [-0.39, 0.29) is 0 Å². The summed E-state index contributed by atoms with van der Waals surface area (Å²) in [7, 11) is 0. The fourth-order valence-corrected chi connectivity index (χ4v) is 2.72. The fraction of sp³-hybridized carbons (Fsp3) is 0.571. The van der Waals surface area contributed by atoms with E-state index in [0.29, 0.717) is 30.8 Å². The first kappa shape index (κ1) is 21.7. The van der Waals surface area contributed by atoms with E-state index in [1.54, 1.807) is 6.92 Å². The van der Waals surface area contributed by atoms with Crippen molar-refractivity contribution in [1.82, 2.24) is 20.8 Å². The number of nitrogens with one attached hydrogen (secondary N) is 2. The molecule has 0 aliphatic carbocycles. The van der Waals surface area contributed by atoms with E-state index < -0.39 is 0 Å². The van der Waals surface area contributed by atoms with Crippen molar-refractivity contribution in [3.63, 3.8) is 0 Å². The van der Waals surface area contributed by atoms with Crippen LogP contribution in [-0.2, 0) is 13.1 Å². The van der Waals surface area contributed by atoms with Gasteiger partial charge in [0, 0.05) is 19.0 Å². The average molecular weight is 388 g/mol. The van der Waals surface area contributed by atoms with Crippen LogP contribution in [-0.4, -0.2) is 29.3 Å². The number of guanidine groups is 1. The van der Waals surface area contributed by atoms with E-state index in [0.717, 1.165) is 30.9 Å². The van der Waals surface area contributed by atoms with Gasteiger partial charge in [-0.05, 0) is 31.9 Å². The number of aromatic nitrogens is 2. The lowest BCUT2D eigenvalue weighted by molar-refractivity contribution is 0.302. The first-order chi connectivity index (χ1) is 13.6. The fourth-order valence-electron chi connectivity index (χ4n) is 2.72. The second kappa shape index (κ2) is 12.0. The molecule has 0 amide bonds. The van der Waals surface area contributed by atoms with Gasteiger partial charge < -0.3 is 19.9 Å². The minimum Gasteiger partial charge on any atom is -0.493 e. The molecule has 7 heteroatoms. The molecule has 2 N–H and O–H groups in total. The Balaban J connectivity index is 1.97. The number of hydrogen-bond donors (Lipinski definition) is 2. The normalized spacial score (nSPS) is 11.5. The zero-order chi connectivity index (χ0) is 20.2. The van der Waals surface area contributed by atoms with Crippen LogP contribution in [0.2, 0.25) is 0 Å². The van der Waals surface area contributed by atoms with Gasteiger partial charge in [0.05, 0.1) is 19.7 Å². The number of aryl methyl sites for hydroxylation is 2. The molecule has 0 saturated heterocycles. The summed E-state index contributed by atoms with van der Waals surface area (Å²) in [6.45, 7) is 10.6. The van der Waals surface area contributed by atoms with Crippen LogP contribution >= 0.6 is 0 Å². The van der Waals surface area contributed by atoms with Crippen LogP contribution in [0.3, 0.4) is 0 Å². The van der Waals surface area contributed by atoms with Crippen LogP contribution in [0.15, 0.2) is 27.7 Å². The molecule has 154 valence electrons. The molecule has 0 bridgehead atoms. The molecule has 0 radical (unpaired) electrons. The summed E-state index contributed by atoms with van der Waals surface area (Å²) in [5.41, 5.74) is 2.27. The van der Waals surface area contributed by atoms with Gasteiger partial charge in [0.1, 0.15) is 5.75 Å². The first-order valence-corrected chi connectivity index (χ1v) is 10.2. The van der Waals surface area contributed by atoms with Gasteiger partial charge in [-0.3, -0.25) is 0 Å². The molecule has 0 saturated carbocycles. The van der Waals surface area contributed by atoms with E-state index in [1.165, 1.54) is 24.8 Å². The third-order valence-electron chi connectivity index (χ3n) is 4.21. The topological polar surface area (TPSA) is 84.6 Å². The van der Waals surface area contributed by atoms with E-state index in [1.807, 2.05) is 6.92 Å². The maximum atomic E-state index is 6.05. The summed E-state index contributed by atoms with van der Waals surface area (Å²) in [6, 6.07) is 6.27. The lowest BCUT2D eigenvalue weighted by atomic mass is 10.1. The van der Waals surface area contributed by atoms with E-state index in [4.69, 9.17) is 9.26 Å². The molecule has 28 heavy (non-hydrogen) atoms. The number of ether oxygens (including phenoxy) is 1. The van der Waals surface area contributed by atoms with Crippen LogP contribution in [0, 0.1) is 13.8 Å². The second-order valence-electron chi connectivity index (χ2n) is 6.80. The van der Waals surface area contributed by atoms with Gasteiger partial charge in [0.15, 0.2) is 11.8 Å². The molecule has 0 spiro atoms. The highest BCUT2D eigenvalue weighted by molar-refractivity contribution is 5.79. The minimum atomic E-state index is 0.456. The maximum Gasteiger partial charge on any atom is 0.223 e. The lowest BCUT2D eigenvalue weighted by Crippen LogP contribution is -2.37. The van der Waals surface area contributed by atoms with Crippen molar-refractivity contribution in [2.45, 2.75) is 66.5 Å². The van der Waals surface area contributed by atoms with Crippen molar-refractivity contribution in [1.29, 1.82) is 0 Å². The number of benzene rings is 1. The second-order valence-corrected chi connectivity index (χ2v) is 6.80. The molecule has 1 heterocycles. The molecule has 7 nitrogen and oxygen atoms in total. The number of rotatable bonds is 11. The quantitative estimate of drug-likeness (QED) is 0.346. The first-order valence-electron chi connectivity index (χ1n) is 10.2. The smallest absolute Gasteiger partial charge is 0.223 e. The third-order valence-corrected chi connectivity index (χ3v) is 4.21. The Morgan fingerprint density at radius 3 is 2.71 bits per heavy atom. The maximum absolute atomic E-state index is 6.05. The molecule has 2 aromatic rings. The largest absolute Gasteiger partial charge is 0.493 e. The van der Waals surface area contributed by atoms with Crippen molar-refractivity contribution < 1.29 is 9.26 Å². The average Bonchev–Trinajstić information content (AvgIpc) is 3.10. The predicted octanol–water partition coefficient (Wildman–Crippen LogP) is 3.90. The molecule has 2 rings (SSSR count). The summed E-state index contributed by atoms with van der Waals surface area (Å²) >= 11 is 0. The molecule has 0 fully saturated rings. The number of nitrogens with zero attached hydrogens (tertiary/aromatic N) is 3. The van der Waals surface area contributed by atoms with E-state index >= 15 is 0 Å². The number of aliphatic imine (C=N–C) groups is 1. The Morgan fingerprint density at radius 1 is 1.14 bits per heavy atom. The lowest BCUT2D eigenvalue weighted by Gasteiger charge is -2.13. The van der Waals surface area contributed by atoms with Crippen LogP contribution in [0.25, 0.3) is 0 Å². The third kappa shape index (κ3) is 7.58. The zero-order valence-electron chi connectivity index (χ0n) is 17.5. The summed E-state index contributed by atoms with van der Waals surface area (Å²) in [5, 5.41) is 10.4. The number of unbranched alkanes of at least 4 members (excludes halogenated alkanes) is 3. The van der Waals surface area contributed by atoms with Crippen LogP contribution in [0.5, 0.6) is 5.75 Å². The van der Waals surface area contributed by atoms with Gasteiger partial charge in [-0.1, -0.05) is 43.5 Å². The van der Waals surface area contributed by atoms with E-state index in [9.17, 15) is 0 Å². The zero-order valence-corrected chi connectivity index (χ0v) is 17.5. The van der Waals surface area contributed by atoms with Crippen molar-refractivity contribution in [3.8, 4) is 5.75 Å². The Bertz CT molecular complexity index is 742. The summed E-state index contributed by atoms with van der Waals surface area (Å²) in [5.74, 6) is 2.79. The van der Waals surface area contributed by atoms with Gasteiger partial charge in [0.25, 0.3) is 0 Å². The minimum absolute atomic E-state index is 0.456. The van der Waals surface area contributed by atoms with Crippen LogP contribution in [0.4, 0.5) is 0 Å². The molecule has 0 atom stereocenters. The molecular weight excluding hydrogens is 354 g/mol. The summed E-state index contributed by atoms with van der Waals surface area (Å²) in [6.07, 6.45) is 4.78. The summed E-state index contributed by atoms with van der Waals surface area (Å²) < 4.78 is 11.0. The van der Waals surface area contributed by atoms with Gasteiger partial charge in [0.2, 0.25) is 5.89 Å². The molecule has 0 aliphatic heterocycles. The van der Waals surface area contributed by atoms with Gasteiger partial charge in [-0.25, -0.2) is 4.99 Å². The van der Waals surface area contributed by atoms with Crippen molar-refractivity contribution in [3.05, 3.63) is 41.0 Å². The molecule has 1 aromatic carbocycles. The Hall–Kier alpha value is -2.57. The van der Waals surface area contributed by atoms with Gasteiger partial charge >= 0.3 is 0 Å². The predicted molar refractivity (Wildman–Crippen MR) is 112 cm³/mol. The van der Waals surface area contributed by atoms with Gasteiger partial charge in [-0.2, -0.15) is 4.98 Å². The molecule has 0 unspecified atom stereocenters. The number of hydrogen-bond acceptors (Lipinski definition) is 5. The van der Waals surface area contributed by atoms with Crippen LogP contribution < -0.4 is 15.4 Å². The molecular formula is C21H33N5O2.